The Kier molecular flexibility index (Phi) is 63.7. The van der Waals surface area contributed by atoms with Gasteiger partial charge in [-0.2, -0.15) is 5.10 Å². The first-order chi connectivity index (χ1) is 4.83. The molecule has 2 heteroatoms. The van der Waals surface area contributed by atoms with E-state index in [4.69, 9.17) is 0 Å². The highest BCUT2D eigenvalue weighted by molar-refractivity contribution is 5.52. The minimum Gasteiger partial charge on any atom is -0.313 e. The van der Waals surface area contributed by atoms with Crippen molar-refractivity contribution in [2.45, 2.75) is 41.0 Å². The third-order valence-corrected chi connectivity index (χ3v) is 0.258. The van der Waals surface area contributed by atoms with Gasteiger partial charge in [-0.25, -0.2) is 0 Å². The number of hydrogen-bond donors (Lipinski definition) is 1. The van der Waals surface area contributed by atoms with Gasteiger partial charge in [-0.1, -0.05) is 34.1 Å². The summed E-state index contributed by atoms with van der Waals surface area (Å²) in [6.45, 7) is 10.1. The van der Waals surface area contributed by atoms with Crippen molar-refractivity contribution in [1.82, 2.24) is 5.43 Å². The summed E-state index contributed by atoms with van der Waals surface area (Å²) in [5.74, 6) is 0. The summed E-state index contributed by atoms with van der Waals surface area (Å²) in [6, 6.07) is 0. The van der Waals surface area contributed by atoms with E-state index in [1.807, 2.05) is 20.8 Å². The van der Waals surface area contributed by atoms with Crippen LogP contribution in [0.1, 0.15) is 41.0 Å². The predicted octanol–water partition coefficient (Wildman–Crippen LogP) is 2.65. The van der Waals surface area contributed by atoms with Crippen LogP contribution in [-0.2, 0) is 0 Å². The standard InChI is InChI=1S/C3H8N2.C3H8.C2H6/c1-3-5-4-2;1-3-2;1-2/h3-4H,1-2H3;3H2,1-2H3;1-2H3/b5-3-;;. The second-order valence-corrected chi connectivity index (χ2v) is 1.32. The maximum atomic E-state index is 3.60. The molecule has 2 nitrogen and oxygen atoms in total. The van der Waals surface area contributed by atoms with Crippen LogP contribution in [0.4, 0.5) is 0 Å². The van der Waals surface area contributed by atoms with E-state index in [1.165, 1.54) is 6.42 Å². The molecular formula is C8H22N2. The van der Waals surface area contributed by atoms with E-state index in [0.717, 1.165) is 0 Å². The molecule has 0 unspecified atom stereocenters. The smallest absolute Gasteiger partial charge is 0.0217 e. The molecule has 0 aromatic carbocycles. The second kappa shape index (κ2) is 39.3. The van der Waals surface area contributed by atoms with Crippen molar-refractivity contribution < 1.29 is 0 Å². The highest BCUT2D eigenvalue weighted by Crippen LogP contribution is 1.56. The zero-order valence-electron chi connectivity index (χ0n) is 8.23. The molecule has 0 rings (SSSR count). The van der Waals surface area contributed by atoms with E-state index < -0.39 is 0 Å². The maximum absolute atomic E-state index is 3.60. The van der Waals surface area contributed by atoms with E-state index in [2.05, 4.69) is 24.4 Å². The number of rotatable bonds is 1. The Morgan fingerprint density at radius 1 is 1.30 bits per heavy atom. The molecular weight excluding hydrogens is 124 g/mol. The lowest BCUT2D eigenvalue weighted by molar-refractivity contribution is 0.906. The van der Waals surface area contributed by atoms with Crippen molar-refractivity contribution >= 4 is 6.21 Å². The first kappa shape index (κ1) is 16.2. The van der Waals surface area contributed by atoms with Crippen LogP contribution in [0, 0.1) is 0 Å². The number of hydrogen-bond acceptors (Lipinski definition) is 2. The fraction of sp³-hybridized carbons (Fsp3) is 0.875. The van der Waals surface area contributed by atoms with Gasteiger partial charge in [0.2, 0.25) is 0 Å². The predicted molar refractivity (Wildman–Crippen MR) is 50.5 cm³/mol. The Labute approximate surface area is 65.7 Å². The Morgan fingerprint density at radius 3 is 1.60 bits per heavy atom. The van der Waals surface area contributed by atoms with Gasteiger partial charge in [0.1, 0.15) is 0 Å². The van der Waals surface area contributed by atoms with E-state index in [1.54, 1.807) is 13.3 Å². The van der Waals surface area contributed by atoms with Crippen LogP contribution in [0.15, 0.2) is 5.10 Å². The van der Waals surface area contributed by atoms with Gasteiger partial charge in [0.05, 0.1) is 0 Å². The molecule has 0 aliphatic carbocycles. The molecule has 0 aromatic rings. The Balaban J connectivity index is -0.0000000847. The highest BCUT2D eigenvalue weighted by atomic mass is 15.2. The van der Waals surface area contributed by atoms with Crippen LogP contribution in [0.25, 0.3) is 0 Å². The molecule has 10 heavy (non-hydrogen) atoms. The minimum atomic E-state index is 1.25. The minimum absolute atomic E-state index is 1.25. The molecule has 64 valence electrons. The average Bonchev–Trinajstić information content (AvgIpc) is 1.96. The third kappa shape index (κ3) is 145. The van der Waals surface area contributed by atoms with Gasteiger partial charge in [-0.05, 0) is 6.92 Å². The fourth-order valence-electron chi connectivity index (χ4n) is 0.129. The summed E-state index contributed by atoms with van der Waals surface area (Å²) < 4.78 is 0. The molecule has 0 amide bonds. The van der Waals surface area contributed by atoms with Crippen LogP contribution in [0.5, 0.6) is 0 Å². The van der Waals surface area contributed by atoms with E-state index in [0.29, 0.717) is 0 Å². The first-order valence-electron chi connectivity index (χ1n) is 3.97. The molecule has 0 aromatic heterocycles. The van der Waals surface area contributed by atoms with Crippen molar-refractivity contribution in [2.24, 2.45) is 5.10 Å². The molecule has 0 fully saturated rings. The van der Waals surface area contributed by atoms with Crippen molar-refractivity contribution in [3.05, 3.63) is 0 Å². The average molecular weight is 146 g/mol. The van der Waals surface area contributed by atoms with E-state index >= 15 is 0 Å². The molecule has 0 aliphatic rings. The molecule has 0 saturated carbocycles. The van der Waals surface area contributed by atoms with Gasteiger partial charge in [-0.15, -0.1) is 0 Å². The SMILES string of the molecule is C/C=N\NC.CC.CCC. The third-order valence-electron chi connectivity index (χ3n) is 0.258. The molecule has 0 aliphatic heterocycles. The van der Waals surface area contributed by atoms with Gasteiger partial charge in [0, 0.05) is 13.3 Å². The van der Waals surface area contributed by atoms with Crippen molar-refractivity contribution in [3.8, 4) is 0 Å². The number of hydrazone groups is 1. The maximum Gasteiger partial charge on any atom is 0.0217 e. The fourth-order valence-corrected chi connectivity index (χ4v) is 0.129. The quantitative estimate of drug-likeness (QED) is 0.446. The topological polar surface area (TPSA) is 24.4 Å². The van der Waals surface area contributed by atoms with Crippen LogP contribution in [0.3, 0.4) is 0 Å². The van der Waals surface area contributed by atoms with Crippen molar-refractivity contribution in [3.63, 3.8) is 0 Å². The molecule has 1 N–H and O–H groups in total. The molecule has 0 heterocycles. The van der Waals surface area contributed by atoms with E-state index in [-0.39, 0.29) is 0 Å². The zero-order valence-corrected chi connectivity index (χ0v) is 8.23. The summed E-state index contributed by atoms with van der Waals surface area (Å²) >= 11 is 0. The molecule has 0 spiro atoms. The monoisotopic (exact) mass is 146 g/mol. The Hall–Kier alpha value is -0.530. The van der Waals surface area contributed by atoms with Gasteiger partial charge < -0.3 is 5.43 Å². The highest BCUT2D eigenvalue weighted by Gasteiger charge is 1.44. The Bertz CT molecular complexity index is 42.5. The Morgan fingerprint density at radius 2 is 1.60 bits per heavy atom. The van der Waals surface area contributed by atoms with Crippen molar-refractivity contribution in [2.75, 3.05) is 7.05 Å². The summed E-state index contributed by atoms with van der Waals surface area (Å²) in [4.78, 5) is 0. The largest absolute Gasteiger partial charge is 0.313 e. The first-order valence-corrected chi connectivity index (χ1v) is 3.97. The summed E-state index contributed by atoms with van der Waals surface area (Å²) in [5, 5.41) is 3.60. The normalized spacial score (nSPS) is 7.00. The lowest BCUT2D eigenvalue weighted by atomic mass is 10.6. The van der Waals surface area contributed by atoms with Gasteiger partial charge in [-0.3, -0.25) is 0 Å². The summed E-state index contributed by atoms with van der Waals surface area (Å²) in [7, 11) is 1.76. The van der Waals surface area contributed by atoms with Crippen LogP contribution >= 0.6 is 0 Å². The summed E-state index contributed by atoms with van der Waals surface area (Å²) in [6.07, 6.45) is 2.94. The number of nitrogens with one attached hydrogen (secondary N) is 1. The molecule has 0 radical (unpaired) electrons. The van der Waals surface area contributed by atoms with Crippen LogP contribution < -0.4 is 5.43 Å². The van der Waals surface area contributed by atoms with Gasteiger partial charge in [0.25, 0.3) is 0 Å². The molecule has 0 bridgehead atoms. The van der Waals surface area contributed by atoms with Gasteiger partial charge >= 0.3 is 0 Å². The molecule has 0 saturated heterocycles. The van der Waals surface area contributed by atoms with Crippen LogP contribution in [0.2, 0.25) is 0 Å². The van der Waals surface area contributed by atoms with E-state index in [9.17, 15) is 0 Å². The van der Waals surface area contributed by atoms with Crippen molar-refractivity contribution in [1.29, 1.82) is 0 Å². The lowest BCUT2D eigenvalue weighted by Gasteiger charge is -1.75. The van der Waals surface area contributed by atoms with Crippen LogP contribution in [-0.4, -0.2) is 13.3 Å². The molecule has 0 atom stereocenters. The lowest BCUT2D eigenvalue weighted by Crippen LogP contribution is -1.90. The van der Waals surface area contributed by atoms with Gasteiger partial charge in [0.15, 0.2) is 0 Å². The number of nitrogens with zero attached hydrogens (tertiary/aromatic N) is 1. The zero-order chi connectivity index (χ0) is 8.83. The summed E-state index contributed by atoms with van der Waals surface area (Å²) in [5.41, 5.74) is 2.59. The second-order valence-electron chi connectivity index (χ2n) is 1.32.